The highest BCUT2D eigenvalue weighted by Gasteiger charge is 2.15. The van der Waals surface area contributed by atoms with Crippen molar-refractivity contribution >= 4 is 11.6 Å². The summed E-state index contributed by atoms with van der Waals surface area (Å²) in [4.78, 5) is 15.8. The van der Waals surface area contributed by atoms with Crippen molar-refractivity contribution in [1.82, 2.24) is 4.90 Å². The monoisotopic (exact) mass is 286 g/mol. The third-order valence-corrected chi connectivity index (χ3v) is 3.32. The van der Waals surface area contributed by atoms with Crippen molar-refractivity contribution in [3.05, 3.63) is 65.5 Å². The molecule has 0 atom stereocenters. The molecule has 4 heteroatoms. The molecule has 0 radical (unpaired) electrons. The molecule has 0 aliphatic carbocycles. The lowest BCUT2D eigenvalue weighted by atomic mass is 10.1. The van der Waals surface area contributed by atoms with Crippen LogP contribution >= 0.6 is 0 Å². The van der Waals surface area contributed by atoms with Gasteiger partial charge in [0, 0.05) is 33.4 Å². The molecule has 3 nitrogen and oxygen atoms in total. The number of halogens is 1. The lowest BCUT2D eigenvalue weighted by Crippen LogP contribution is -2.27. The number of anilines is 1. The van der Waals surface area contributed by atoms with Crippen LogP contribution < -0.4 is 4.90 Å². The molecule has 0 saturated heterocycles. The molecule has 0 aliphatic heterocycles. The van der Waals surface area contributed by atoms with Gasteiger partial charge in [-0.05, 0) is 29.8 Å². The SMILES string of the molecule is CN(Cc1ccc(N(C)C)cc1)C(=O)c1ccccc1F. The molecule has 2 aromatic rings. The summed E-state index contributed by atoms with van der Waals surface area (Å²) >= 11 is 0. The average Bonchev–Trinajstić information content (AvgIpc) is 2.47. The normalized spacial score (nSPS) is 10.3. The fourth-order valence-electron chi connectivity index (χ4n) is 2.09. The second-order valence-corrected chi connectivity index (χ2v) is 5.20. The number of carbonyl (C=O) groups excluding carboxylic acids is 1. The minimum Gasteiger partial charge on any atom is -0.378 e. The van der Waals surface area contributed by atoms with Crippen LogP contribution in [0.4, 0.5) is 10.1 Å². The Labute approximate surface area is 124 Å². The molecule has 2 rings (SSSR count). The highest BCUT2D eigenvalue weighted by atomic mass is 19.1. The van der Waals surface area contributed by atoms with Gasteiger partial charge in [-0.25, -0.2) is 4.39 Å². The molecule has 0 aliphatic rings. The molecule has 1 amide bonds. The topological polar surface area (TPSA) is 23.6 Å². The second kappa shape index (κ2) is 6.39. The standard InChI is InChI=1S/C17H19FN2O/c1-19(2)14-10-8-13(9-11-14)12-20(3)17(21)15-6-4-5-7-16(15)18/h4-11H,12H2,1-3H3. The van der Waals surface area contributed by atoms with Crippen molar-refractivity contribution < 1.29 is 9.18 Å². The summed E-state index contributed by atoms with van der Waals surface area (Å²) in [7, 11) is 5.63. The Morgan fingerprint density at radius 1 is 1.00 bits per heavy atom. The Hall–Kier alpha value is -2.36. The summed E-state index contributed by atoms with van der Waals surface area (Å²) in [6.45, 7) is 0.445. The average molecular weight is 286 g/mol. The van der Waals surface area contributed by atoms with E-state index in [1.54, 1.807) is 19.2 Å². The maximum atomic E-state index is 13.6. The first-order valence-electron chi connectivity index (χ1n) is 6.75. The molecule has 0 N–H and O–H groups in total. The first-order valence-corrected chi connectivity index (χ1v) is 6.75. The first-order chi connectivity index (χ1) is 9.99. The summed E-state index contributed by atoms with van der Waals surface area (Å²) in [5.74, 6) is -0.804. The predicted molar refractivity (Wildman–Crippen MR) is 83.0 cm³/mol. The zero-order chi connectivity index (χ0) is 15.4. The molecule has 110 valence electrons. The number of carbonyl (C=O) groups is 1. The van der Waals surface area contributed by atoms with Gasteiger partial charge in [0.25, 0.3) is 5.91 Å². The molecular weight excluding hydrogens is 267 g/mol. The lowest BCUT2D eigenvalue weighted by Gasteiger charge is -2.18. The van der Waals surface area contributed by atoms with Crippen molar-refractivity contribution in [2.45, 2.75) is 6.54 Å². The van der Waals surface area contributed by atoms with E-state index in [1.165, 1.54) is 17.0 Å². The lowest BCUT2D eigenvalue weighted by molar-refractivity contribution is 0.0780. The molecule has 0 bridgehead atoms. The molecule has 0 aromatic heterocycles. The first kappa shape index (κ1) is 15.0. The van der Waals surface area contributed by atoms with Gasteiger partial charge in [-0.3, -0.25) is 4.79 Å². The van der Waals surface area contributed by atoms with Gasteiger partial charge in [-0.15, -0.1) is 0 Å². The van der Waals surface area contributed by atoms with Crippen LogP contribution in [0.3, 0.4) is 0 Å². The van der Waals surface area contributed by atoms with Gasteiger partial charge in [0.2, 0.25) is 0 Å². The smallest absolute Gasteiger partial charge is 0.256 e. The maximum Gasteiger partial charge on any atom is 0.256 e. The van der Waals surface area contributed by atoms with Crippen molar-refractivity contribution in [3.63, 3.8) is 0 Å². The number of hydrogen-bond acceptors (Lipinski definition) is 2. The number of rotatable bonds is 4. The van der Waals surface area contributed by atoms with Crippen LogP contribution in [-0.2, 0) is 6.54 Å². The van der Waals surface area contributed by atoms with Gasteiger partial charge in [-0.1, -0.05) is 24.3 Å². The zero-order valence-electron chi connectivity index (χ0n) is 12.5. The zero-order valence-corrected chi connectivity index (χ0v) is 12.5. The summed E-state index contributed by atoms with van der Waals surface area (Å²) in [5, 5.41) is 0. The highest BCUT2D eigenvalue weighted by Crippen LogP contribution is 2.15. The van der Waals surface area contributed by atoms with Crippen LogP contribution in [0.25, 0.3) is 0 Å². The Kier molecular flexibility index (Phi) is 4.58. The number of benzene rings is 2. The van der Waals surface area contributed by atoms with Gasteiger partial charge < -0.3 is 9.80 Å². The van der Waals surface area contributed by atoms with Crippen LogP contribution in [0.1, 0.15) is 15.9 Å². The molecule has 0 fully saturated rings. The minimum absolute atomic E-state index is 0.102. The minimum atomic E-state index is -0.489. The summed E-state index contributed by atoms with van der Waals surface area (Å²) in [6, 6.07) is 14.0. The van der Waals surface area contributed by atoms with E-state index in [2.05, 4.69) is 0 Å². The van der Waals surface area contributed by atoms with E-state index < -0.39 is 5.82 Å². The molecule has 0 unspecified atom stereocenters. The van der Waals surface area contributed by atoms with E-state index in [0.29, 0.717) is 6.54 Å². The van der Waals surface area contributed by atoms with Gasteiger partial charge in [-0.2, -0.15) is 0 Å². The number of amides is 1. The van der Waals surface area contributed by atoms with Crippen LogP contribution in [0, 0.1) is 5.82 Å². The quantitative estimate of drug-likeness (QED) is 0.862. The van der Waals surface area contributed by atoms with E-state index in [-0.39, 0.29) is 11.5 Å². The van der Waals surface area contributed by atoms with Crippen molar-refractivity contribution in [2.24, 2.45) is 0 Å². The van der Waals surface area contributed by atoms with Crippen LogP contribution in [0.15, 0.2) is 48.5 Å². The number of hydrogen-bond donors (Lipinski definition) is 0. The largest absolute Gasteiger partial charge is 0.378 e. The fourth-order valence-corrected chi connectivity index (χ4v) is 2.09. The van der Waals surface area contributed by atoms with Crippen molar-refractivity contribution in [2.75, 3.05) is 26.0 Å². The fraction of sp³-hybridized carbons (Fsp3) is 0.235. The summed E-state index contributed by atoms with van der Waals surface area (Å²) in [5.41, 5.74) is 2.21. The van der Waals surface area contributed by atoms with Gasteiger partial charge in [0.1, 0.15) is 5.82 Å². The molecule has 0 heterocycles. The molecule has 0 saturated carbocycles. The van der Waals surface area contributed by atoms with E-state index >= 15 is 0 Å². The van der Waals surface area contributed by atoms with E-state index in [4.69, 9.17) is 0 Å². The van der Waals surface area contributed by atoms with E-state index in [0.717, 1.165) is 11.3 Å². The van der Waals surface area contributed by atoms with Gasteiger partial charge in [0.05, 0.1) is 5.56 Å². The summed E-state index contributed by atoms with van der Waals surface area (Å²) < 4.78 is 13.6. The molecule has 21 heavy (non-hydrogen) atoms. The van der Waals surface area contributed by atoms with E-state index in [9.17, 15) is 9.18 Å². The number of nitrogens with zero attached hydrogens (tertiary/aromatic N) is 2. The Morgan fingerprint density at radius 3 is 2.19 bits per heavy atom. The molecule has 2 aromatic carbocycles. The van der Waals surface area contributed by atoms with Crippen LogP contribution in [-0.4, -0.2) is 32.0 Å². The third-order valence-electron chi connectivity index (χ3n) is 3.32. The van der Waals surface area contributed by atoms with Crippen LogP contribution in [0.2, 0.25) is 0 Å². The molecule has 0 spiro atoms. The Balaban J connectivity index is 2.09. The Bertz CT molecular complexity index is 623. The maximum absolute atomic E-state index is 13.6. The predicted octanol–water partition coefficient (Wildman–Crippen LogP) is 3.16. The third kappa shape index (κ3) is 3.60. The second-order valence-electron chi connectivity index (χ2n) is 5.20. The van der Waals surface area contributed by atoms with E-state index in [1.807, 2.05) is 43.3 Å². The molecular formula is C17H19FN2O. The summed E-state index contributed by atoms with van der Waals surface area (Å²) in [6.07, 6.45) is 0. The van der Waals surface area contributed by atoms with Gasteiger partial charge >= 0.3 is 0 Å². The van der Waals surface area contributed by atoms with Crippen molar-refractivity contribution in [3.8, 4) is 0 Å². The van der Waals surface area contributed by atoms with Gasteiger partial charge in [0.15, 0.2) is 0 Å². The Morgan fingerprint density at radius 2 is 1.62 bits per heavy atom. The highest BCUT2D eigenvalue weighted by molar-refractivity contribution is 5.94. The van der Waals surface area contributed by atoms with Crippen LogP contribution in [0.5, 0.6) is 0 Å². The van der Waals surface area contributed by atoms with Crippen molar-refractivity contribution in [1.29, 1.82) is 0 Å².